The van der Waals surface area contributed by atoms with E-state index < -0.39 is 35.2 Å². The molecule has 0 bridgehead atoms. The predicted octanol–water partition coefficient (Wildman–Crippen LogP) is 5.48. The highest BCUT2D eigenvalue weighted by Gasteiger charge is 2.42. The number of rotatable bonds is 10. The molecule has 2 rings (SSSR count). The molecular weight excluding hydrogens is 518 g/mol. The quantitative estimate of drug-likeness (QED) is 0.332. The molecule has 0 saturated carbocycles. The topological polar surface area (TPSA) is 108 Å². The van der Waals surface area contributed by atoms with Gasteiger partial charge >= 0.3 is 6.09 Å². The van der Waals surface area contributed by atoms with Crippen LogP contribution in [0.2, 0.25) is 0 Å². The number of ether oxygens (including phenoxy) is 1. The highest BCUT2D eigenvalue weighted by molar-refractivity contribution is 5.93. The van der Waals surface area contributed by atoms with E-state index in [2.05, 4.69) is 16.6 Å². The Labute approximate surface area is 244 Å². The molecule has 0 spiro atoms. The van der Waals surface area contributed by atoms with Crippen LogP contribution in [0.25, 0.3) is 0 Å². The highest BCUT2D eigenvalue weighted by Crippen LogP contribution is 2.32. The summed E-state index contributed by atoms with van der Waals surface area (Å²) in [6.45, 7) is 14.7. The Morgan fingerprint density at radius 3 is 2.15 bits per heavy atom. The lowest BCUT2D eigenvalue weighted by atomic mass is 9.91. The SMILES string of the molecule is C#Cc1ccccc1C(C(=O)NC(C)CCC)N(C(=O)C(Cc1ccc(O)cc1)NC(=O)OC(C)(C)C)C(C)(C)C. The second-order valence-electron chi connectivity index (χ2n) is 12.3. The maximum Gasteiger partial charge on any atom is 0.408 e. The predicted molar refractivity (Wildman–Crippen MR) is 161 cm³/mol. The normalized spacial score (nSPS) is 13.7. The minimum atomic E-state index is -1.09. The molecule has 0 heterocycles. The Bertz CT molecular complexity index is 1240. The van der Waals surface area contributed by atoms with Crippen LogP contribution in [-0.2, 0) is 20.7 Å². The van der Waals surface area contributed by atoms with E-state index in [-0.39, 0.29) is 24.1 Å². The lowest BCUT2D eigenvalue weighted by Crippen LogP contribution is -2.59. The van der Waals surface area contributed by atoms with Gasteiger partial charge in [-0.05, 0) is 84.2 Å². The molecule has 0 aromatic heterocycles. The minimum Gasteiger partial charge on any atom is -0.508 e. The molecule has 0 radical (unpaired) electrons. The molecule has 3 atom stereocenters. The second kappa shape index (κ2) is 14.1. The first-order valence-corrected chi connectivity index (χ1v) is 14.0. The summed E-state index contributed by atoms with van der Waals surface area (Å²) in [6.07, 6.45) is 6.83. The van der Waals surface area contributed by atoms with E-state index in [1.54, 1.807) is 57.2 Å². The van der Waals surface area contributed by atoms with Gasteiger partial charge in [-0.25, -0.2) is 4.79 Å². The van der Waals surface area contributed by atoms with E-state index in [1.165, 1.54) is 17.0 Å². The van der Waals surface area contributed by atoms with E-state index >= 15 is 0 Å². The summed E-state index contributed by atoms with van der Waals surface area (Å²) < 4.78 is 5.48. The van der Waals surface area contributed by atoms with Crippen LogP contribution < -0.4 is 10.6 Å². The number of hydrogen-bond acceptors (Lipinski definition) is 5. The maximum absolute atomic E-state index is 14.6. The van der Waals surface area contributed by atoms with Crippen molar-refractivity contribution in [1.82, 2.24) is 15.5 Å². The van der Waals surface area contributed by atoms with Crippen molar-refractivity contribution < 1.29 is 24.2 Å². The molecule has 2 aromatic carbocycles. The standard InChI is InChI=1S/C33H45N3O5/c1-10-14-22(3)34-29(38)28(26-16-13-12-15-24(26)11-2)36(32(4,5)6)30(39)27(35-31(40)41-33(7,8)9)21-23-17-19-25(37)20-18-23/h2,12-13,15-20,22,27-28,37H,10,14,21H2,1,3-9H3,(H,34,38)(H,35,40). The third-order valence-corrected chi connectivity index (χ3v) is 6.35. The number of carbonyl (C=O) groups is 3. The Morgan fingerprint density at radius 1 is 1.00 bits per heavy atom. The molecular formula is C33H45N3O5. The Balaban J connectivity index is 2.67. The molecule has 0 saturated heterocycles. The molecule has 0 aliphatic heterocycles. The van der Waals surface area contributed by atoms with Crippen LogP contribution in [0, 0.1) is 12.3 Å². The van der Waals surface area contributed by atoms with Crippen LogP contribution in [0.4, 0.5) is 4.79 Å². The van der Waals surface area contributed by atoms with Crippen molar-refractivity contribution in [2.45, 2.75) is 104 Å². The van der Waals surface area contributed by atoms with Crippen LogP contribution in [0.15, 0.2) is 48.5 Å². The summed E-state index contributed by atoms with van der Waals surface area (Å²) in [5.41, 5.74) is 0.0574. The third-order valence-electron chi connectivity index (χ3n) is 6.35. The van der Waals surface area contributed by atoms with E-state index in [1.807, 2.05) is 34.6 Å². The molecule has 0 aliphatic carbocycles. The van der Waals surface area contributed by atoms with Gasteiger partial charge < -0.3 is 25.4 Å². The van der Waals surface area contributed by atoms with Gasteiger partial charge in [0.05, 0.1) is 0 Å². The van der Waals surface area contributed by atoms with Crippen molar-refractivity contribution in [1.29, 1.82) is 0 Å². The van der Waals surface area contributed by atoms with Crippen LogP contribution in [0.5, 0.6) is 5.75 Å². The fourth-order valence-electron chi connectivity index (χ4n) is 4.62. The van der Waals surface area contributed by atoms with E-state index in [4.69, 9.17) is 11.2 Å². The molecule has 8 nitrogen and oxygen atoms in total. The Hall–Kier alpha value is -3.99. The van der Waals surface area contributed by atoms with Crippen LogP contribution in [-0.4, -0.2) is 51.1 Å². The molecule has 222 valence electrons. The second-order valence-corrected chi connectivity index (χ2v) is 12.3. The zero-order chi connectivity index (χ0) is 31.0. The van der Waals surface area contributed by atoms with Crippen molar-refractivity contribution in [3.63, 3.8) is 0 Å². The van der Waals surface area contributed by atoms with Crippen molar-refractivity contribution >= 4 is 17.9 Å². The van der Waals surface area contributed by atoms with Crippen LogP contribution in [0.1, 0.15) is 91.0 Å². The zero-order valence-electron chi connectivity index (χ0n) is 25.6. The molecule has 3 unspecified atom stereocenters. The number of nitrogens with one attached hydrogen (secondary N) is 2. The third kappa shape index (κ3) is 9.86. The zero-order valence-corrected chi connectivity index (χ0v) is 25.6. The van der Waals surface area contributed by atoms with Gasteiger partial charge in [-0.2, -0.15) is 0 Å². The highest BCUT2D eigenvalue weighted by atomic mass is 16.6. The van der Waals surface area contributed by atoms with Gasteiger partial charge in [-0.1, -0.05) is 49.6 Å². The smallest absolute Gasteiger partial charge is 0.408 e. The number of terminal acetylenes is 1. The number of aromatic hydroxyl groups is 1. The van der Waals surface area contributed by atoms with Gasteiger partial charge in [-0.3, -0.25) is 9.59 Å². The fourth-order valence-corrected chi connectivity index (χ4v) is 4.62. The summed E-state index contributed by atoms with van der Waals surface area (Å²) in [5, 5.41) is 15.6. The molecule has 8 heteroatoms. The number of carbonyl (C=O) groups excluding carboxylic acids is 3. The van der Waals surface area contributed by atoms with Crippen molar-refractivity contribution in [3.05, 3.63) is 65.2 Å². The summed E-state index contributed by atoms with van der Waals surface area (Å²) in [4.78, 5) is 43.0. The van der Waals surface area contributed by atoms with Crippen LogP contribution in [0.3, 0.4) is 0 Å². The van der Waals surface area contributed by atoms with E-state index in [0.29, 0.717) is 16.7 Å². The first-order valence-electron chi connectivity index (χ1n) is 14.0. The fraction of sp³-hybridized carbons (Fsp3) is 0.485. The number of amides is 3. The summed E-state index contributed by atoms with van der Waals surface area (Å²) in [7, 11) is 0. The molecule has 41 heavy (non-hydrogen) atoms. The van der Waals surface area contributed by atoms with Crippen molar-refractivity contribution in [3.8, 4) is 18.1 Å². The molecule has 2 aromatic rings. The molecule has 0 aliphatic rings. The van der Waals surface area contributed by atoms with Gasteiger partial charge in [-0.15, -0.1) is 6.42 Å². The first kappa shape index (κ1) is 33.2. The Morgan fingerprint density at radius 2 is 1.61 bits per heavy atom. The lowest BCUT2D eigenvalue weighted by molar-refractivity contribution is -0.148. The first-order chi connectivity index (χ1) is 19.1. The van der Waals surface area contributed by atoms with E-state index in [0.717, 1.165) is 12.8 Å². The minimum absolute atomic E-state index is 0.0804. The Kier molecular flexibility index (Phi) is 11.4. The number of benzene rings is 2. The van der Waals surface area contributed by atoms with Gasteiger partial charge in [0.25, 0.3) is 0 Å². The average molecular weight is 564 g/mol. The summed E-state index contributed by atoms with van der Waals surface area (Å²) >= 11 is 0. The van der Waals surface area contributed by atoms with Crippen molar-refractivity contribution in [2.75, 3.05) is 0 Å². The van der Waals surface area contributed by atoms with Gasteiger partial charge in [0.1, 0.15) is 23.4 Å². The summed E-state index contributed by atoms with van der Waals surface area (Å²) in [5.74, 6) is 1.89. The van der Waals surface area contributed by atoms with Crippen molar-refractivity contribution in [2.24, 2.45) is 0 Å². The molecule has 3 amide bonds. The number of nitrogens with zero attached hydrogens (tertiary/aromatic N) is 1. The maximum atomic E-state index is 14.6. The van der Waals surface area contributed by atoms with Gasteiger partial charge in [0.2, 0.25) is 11.8 Å². The molecule has 0 fully saturated rings. The summed E-state index contributed by atoms with van der Waals surface area (Å²) in [6, 6.07) is 11.2. The van der Waals surface area contributed by atoms with Gasteiger partial charge in [0.15, 0.2) is 0 Å². The number of phenols is 1. The molecule has 3 N–H and O–H groups in total. The van der Waals surface area contributed by atoms with Gasteiger partial charge in [0, 0.05) is 23.6 Å². The average Bonchev–Trinajstić information content (AvgIpc) is 2.86. The number of phenolic OH excluding ortho intramolecular Hbond substituents is 1. The van der Waals surface area contributed by atoms with Crippen LogP contribution >= 0.6 is 0 Å². The van der Waals surface area contributed by atoms with E-state index in [9.17, 15) is 19.5 Å². The monoisotopic (exact) mass is 563 g/mol. The number of alkyl carbamates (subject to hydrolysis) is 1. The largest absolute Gasteiger partial charge is 0.508 e. The lowest BCUT2D eigenvalue weighted by Gasteiger charge is -2.43. The number of hydrogen-bond donors (Lipinski definition) is 3.